The molecule has 0 atom stereocenters. The van der Waals surface area contributed by atoms with Crippen LogP contribution in [-0.2, 0) is 15.6 Å². The van der Waals surface area contributed by atoms with Crippen molar-refractivity contribution in [2.24, 2.45) is 0 Å². The van der Waals surface area contributed by atoms with Crippen molar-refractivity contribution < 1.29 is 12.8 Å². The molecule has 0 saturated carbocycles. The van der Waals surface area contributed by atoms with E-state index in [2.05, 4.69) is 13.8 Å². The molecular weight excluding hydrogens is 289 g/mol. The molecule has 5 heteroatoms. The van der Waals surface area contributed by atoms with Crippen molar-refractivity contribution in [3.8, 4) is 0 Å². The maximum absolute atomic E-state index is 13.4. The van der Waals surface area contributed by atoms with E-state index in [0.717, 1.165) is 11.6 Å². The third-order valence-electron chi connectivity index (χ3n) is 3.33. The van der Waals surface area contributed by atoms with E-state index in [1.807, 2.05) is 12.1 Å². The van der Waals surface area contributed by atoms with Gasteiger partial charge >= 0.3 is 0 Å². The zero-order valence-electron chi connectivity index (χ0n) is 12.0. The molecule has 0 aliphatic carbocycles. The molecule has 2 aromatic carbocycles. The second-order valence-corrected chi connectivity index (χ2v) is 7.33. The highest BCUT2D eigenvalue weighted by Crippen LogP contribution is 2.21. The van der Waals surface area contributed by atoms with E-state index >= 15 is 0 Å². The topological polar surface area (TPSA) is 60.2 Å². The first-order valence-electron chi connectivity index (χ1n) is 6.66. The van der Waals surface area contributed by atoms with E-state index < -0.39 is 15.7 Å². The van der Waals surface area contributed by atoms with Gasteiger partial charge in [0.1, 0.15) is 5.82 Å². The Bertz CT molecular complexity index is 737. The zero-order valence-corrected chi connectivity index (χ0v) is 12.8. The van der Waals surface area contributed by atoms with Gasteiger partial charge in [0.15, 0.2) is 9.84 Å². The van der Waals surface area contributed by atoms with Gasteiger partial charge in [-0.05, 0) is 35.2 Å². The molecule has 3 nitrogen and oxygen atoms in total. The van der Waals surface area contributed by atoms with Gasteiger partial charge in [-0.2, -0.15) is 0 Å². The van der Waals surface area contributed by atoms with Gasteiger partial charge in [-0.15, -0.1) is 0 Å². The van der Waals surface area contributed by atoms with Crippen LogP contribution in [-0.4, -0.2) is 8.42 Å². The number of nitrogen functional groups attached to an aromatic ring is 1. The van der Waals surface area contributed by atoms with Gasteiger partial charge in [0.2, 0.25) is 0 Å². The largest absolute Gasteiger partial charge is 0.396 e. The van der Waals surface area contributed by atoms with Gasteiger partial charge < -0.3 is 5.73 Å². The van der Waals surface area contributed by atoms with E-state index in [9.17, 15) is 12.8 Å². The molecule has 0 saturated heterocycles. The maximum Gasteiger partial charge on any atom is 0.182 e. The Balaban J connectivity index is 2.26. The molecule has 0 aromatic heterocycles. The Morgan fingerprint density at radius 3 is 2.24 bits per heavy atom. The van der Waals surface area contributed by atoms with Crippen molar-refractivity contribution in [1.82, 2.24) is 0 Å². The monoisotopic (exact) mass is 307 g/mol. The first kappa shape index (κ1) is 15.5. The highest BCUT2D eigenvalue weighted by atomic mass is 32.2. The lowest BCUT2D eigenvalue weighted by Crippen LogP contribution is -2.06. The molecule has 0 aliphatic heterocycles. The molecule has 0 amide bonds. The van der Waals surface area contributed by atoms with Crippen molar-refractivity contribution in [3.63, 3.8) is 0 Å². The summed E-state index contributed by atoms with van der Waals surface area (Å²) in [5.41, 5.74) is 7.13. The normalized spacial score (nSPS) is 11.8. The van der Waals surface area contributed by atoms with E-state index in [-0.39, 0.29) is 16.3 Å². The standard InChI is InChI=1S/C16H18FNO2S/c1-11(2)13-5-3-12(4-6-13)10-21(19,20)14-7-8-16(18)15(17)9-14/h3-9,11H,10,18H2,1-2H3. The molecule has 0 radical (unpaired) electrons. The Morgan fingerprint density at radius 1 is 1.10 bits per heavy atom. The smallest absolute Gasteiger partial charge is 0.182 e. The summed E-state index contributed by atoms with van der Waals surface area (Å²) in [5, 5.41) is 0. The van der Waals surface area contributed by atoms with Gasteiger partial charge in [-0.3, -0.25) is 0 Å². The van der Waals surface area contributed by atoms with Gasteiger partial charge in [0, 0.05) is 0 Å². The summed E-state index contributed by atoms with van der Waals surface area (Å²) in [5.74, 6) is -0.484. The first-order chi connectivity index (χ1) is 9.79. The van der Waals surface area contributed by atoms with Crippen LogP contribution in [0.4, 0.5) is 10.1 Å². The summed E-state index contributed by atoms with van der Waals surface area (Å²) in [7, 11) is -3.58. The summed E-state index contributed by atoms with van der Waals surface area (Å²) in [6, 6.07) is 11.0. The quantitative estimate of drug-likeness (QED) is 0.879. The first-order valence-corrected chi connectivity index (χ1v) is 8.31. The summed E-state index contributed by atoms with van der Waals surface area (Å²) < 4.78 is 38.0. The summed E-state index contributed by atoms with van der Waals surface area (Å²) >= 11 is 0. The summed E-state index contributed by atoms with van der Waals surface area (Å²) in [6.45, 7) is 4.14. The van der Waals surface area contributed by atoms with Crippen LogP contribution in [0.25, 0.3) is 0 Å². The second-order valence-electron chi connectivity index (χ2n) is 5.34. The lowest BCUT2D eigenvalue weighted by molar-refractivity contribution is 0.591. The highest BCUT2D eigenvalue weighted by molar-refractivity contribution is 7.90. The third kappa shape index (κ3) is 3.61. The number of anilines is 1. The van der Waals surface area contributed by atoms with Gasteiger partial charge in [0.25, 0.3) is 0 Å². The van der Waals surface area contributed by atoms with Crippen molar-refractivity contribution in [3.05, 3.63) is 59.4 Å². The Morgan fingerprint density at radius 2 is 1.71 bits per heavy atom. The van der Waals surface area contributed by atoms with Crippen LogP contribution >= 0.6 is 0 Å². The number of nitrogens with two attached hydrogens (primary N) is 1. The van der Waals surface area contributed by atoms with E-state index in [4.69, 9.17) is 5.73 Å². The predicted molar refractivity (Wildman–Crippen MR) is 82.2 cm³/mol. The van der Waals surface area contributed by atoms with Crippen molar-refractivity contribution in [1.29, 1.82) is 0 Å². The molecule has 0 unspecified atom stereocenters. The van der Waals surface area contributed by atoms with E-state index in [1.165, 1.54) is 12.1 Å². The van der Waals surface area contributed by atoms with E-state index in [0.29, 0.717) is 11.5 Å². The fraction of sp³-hybridized carbons (Fsp3) is 0.250. The van der Waals surface area contributed by atoms with Crippen LogP contribution in [0, 0.1) is 5.82 Å². The number of hydrogen-bond acceptors (Lipinski definition) is 3. The molecule has 2 rings (SSSR count). The molecule has 112 valence electrons. The molecule has 0 heterocycles. The average Bonchev–Trinajstić information content (AvgIpc) is 2.42. The molecule has 2 N–H and O–H groups in total. The molecular formula is C16H18FNO2S. The molecule has 21 heavy (non-hydrogen) atoms. The minimum Gasteiger partial charge on any atom is -0.396 e. The SMILES string of the molecule is CC(C)c1ccc(CS(=O)(=O)c2ccc(N)c(F)c2)cc1. The van der Waals surface area contributed by atoms with Crippen LogP contribution in [0.5, 0.6) is 0 Å². The van der Waals surface area contributed by atoms with E-state index in [1.54, 1.807) is 12.1 Å². The van der Waals surface area contributed by atoms with Crippen LogP contribution in [0.3, 0.4) is 0 Å². The molecule has 0 bridgehead atoms. The van der Waals surface area contributed by atoms with Gasteiger partial charge in [0.05, 0.1) is 16.3 Å². The predicted octanol–water partition coefficient (Wildman–Crippen LogP) is 3.51. The molecule has 0 fully saturated rings. The van der Waals surface area contributed by atoms with Crippen LogP contribution in [0.1, 0.15) is 30.9 Å². The van der Waals surface area contributed by atoms with Gasteiger partial charge in [-0.1, -0.05) is 38.1 Å². The lowest BCUT2D eigenvalue weighted by Gasteiger charge is -2.08. The van der Waals surface area contributed by atoms with Crippen LogP contribution < -0.4 is 5.73 Å². The number of rotatable bonds is 4. The molecule has 0 aliphatic rings. The van der Waals surface area contributed by atoms with Crippen LogP contribution in [0.15, 0.2) is 47.4 Å². The molecule has 0 spiro atoms. The maximum atomic E-state index is 13.4. The summed E-state index contributed by atoms with van der Waals surface area (Å²) in [4.78, 5) is -0.0536. The summed E-state index contributed by atoms with van der Waals surface area (Å²) in [6.07, 6.45) is 0. The third-order valence-corrected chi connectivity index (χ3v) is 5.02. The number of halogens is 1. The minimum absolute atomic E-state index is 0.0536. The number of benzene rings is 2. The fourth-order valence-electron chi connectivity index (χ4n) is 2.00. The zero-order chi connectivity index (χ0) is 15.6. The average molecular weight is 307 g/mol. The van der Waals surface area contributed by atoms with Crippen molar-refractivity contribution >= 4 is 15.5 Å². The second kappa shape index (κ2) is 5.85. The Labute approximate surface area is 124 Å². The Hall–Kier alpha value is -1.88. The molecule has 2 aromatic rings. The van der Waals surface area contributed by atoms with Crippen LogP contribution in [0.2, 0.25) is 0 Å². The number of hydrogen-bond donors (Lipinski definition) is 1. The number of sulfone groups is 1. The lowest BCUT2D eigenvalue weighted by atomic mass is 10.0. The van der Waals surface area contributed by atoms with Crippen molar-refractivity contribution in [2.75, 3.05) is 5.73 Å². The Kier molecular flexibility index (Phi) is 4.32. The highest BCUT2D eigenvalue weighted by Gasteiger charge is 2.17. The van der Waals surface area contributed by atoms with Gasteiger partial charge in [-0.25, -0.2) is 12.8 Å². The fourth-order valence-corrected chi connectivity index (χ4v) is 3.36. The van der Waals surface area contributed by atoms with Crippen molar-refractivity contribution in [2.45, 2.75) is 30.4 Å². The minimum atomic E-state index is -3.58.